The van der Waals surface area contributed by atoms with Gasteiger partial charge in [0, 0.05) is 17.0 Å². The van der Waals surface area contributed by atoms with Gasteiger partial charge in [-0.15, -0.1) is 0 Å². The van der Waals surface area contributed by atoms with Crippen LogP contribution in [0.3, 0.4) is 0 Å². The first-order valence-electron chi connectivity index (χ1n) is 10.9. The SMILES string of the molecule is C=C(C)c1cc(C)c(-n2nc(C)c3cc(CCC4CCCCC4)ccc32)cc1F. The molecule has 1 saturated carbocycles. The van der Waals surface area contributed by atoms with E-state index in [1.807, 2.05) is 31.5 Å². The number of rotatable bonds is 5. The van der Waals surface area contributed by atoms with Crippen molar-refractivity contribution in [1.29, 1.82) is 0 Å². The molecule has 1 fully saturated rings. The summed E-state index contributed by atoms with van der Waals surface area (Å²) in [5.41, 5.74) is 6.51. The molecule has 0 saturated heterocycles. The van der Waals surface area contributed by atoms with E-state index >= 15 is 0 Å². The fourth-order valence-corrected chi connectivity index (χ4v) is 4.73. The van der Waals surface area contributed by atoms with Gasteiger partial charge in [0.25, 0.3) is 0 Å². The van der Waals surface area contributed by atoms with Crippen LogP contribution in [-0.2, 0) is 6.42 Å². The minimum Gasteiger partial charge on any atom is -0.232 e. The number of halogens is 1. The summed E-state index contributed by atoms with van der Waals surface area (Å²) >= 11 is 0. The lowest BCUT2D eigenvalue weighted by Gasteiger charge is -2.21. The lowest BCUT2D eigenvalue weighted by Crippen LogP contribution is -2.07. The third-order valence-corrected chi connectivity index (χ3v) is 6.47. The summed E-state index contributed by atoms with van der Waals surface area (Å²) < 4.78 is 16.5. The molecule has 152 valence electrons. The van der Waals surface area contributed by atoms with Crippen molar-refractivity contribution in [2.45, 2.75) is 65.7 Å². The first-order valence-corrected chi connectivity index (χ1v) is 10.9. The van der Waals surface area contributed by atoms with Crippen molar-refractivity contribution in [1.82, 2.24) is 9.78 Å². The summed E-state index contributed by atoms with van der Waals surface area (Å²) in [4.78, 5) is 0. The second-order valence-electron chi connectivity index (χ2n) is 8.79. The molecule has 29 heavy (non-hydrogen) atoms. The zero-order valence-corrected chi connectivity index (χ0v) is 17.9. The van der Waals surface area contributed by atoms with Gasteiger partial charge in [-0.3, -0.25) is 0 Å². The molecular formula is C26H31FN2. The number of aryl methyl sites for hydroxylation is 3. The van der Waals surface area contributed by atoms with E-state index < -0.39 is 0 Å². The number of nitrogens with zero attached hydrogens (tertiary/aromatic N) is 2. The Balaban J connectivity index is 1.65. The van der Waals surface area contributed by atoms with Crippen LogP contribution in [0.15, 0.2) is 36.9 Å². The van der Waals surface area contributed by atoms with Crippen molar-refractivity contribution < 1.29 is 4.39 Å². The number of hydrogen-bond donors (Lipinski definition) is 0. The number of aromatic nitrogens is 2. The van der Waals surface area contributed by atoms with E-state index in [0.717, 1.165) is 45.8 Å². The van der Waals surface area contributed by atoms with Crippen LogP contribution in [0.2, 0.25) is 0 Å². The van der Waals surface area contributed by atoms with Crippen molar-refractivity contribution in [3.63, 3.8) is 0 Å². The molecule has 0 aliphatic heterocycles. The van der Waals surface area contributed by atoms with Gasteiger partial charge in [-0.05, 0) is 74.4 Å². The van der Waals surface area contributed by atoms with Crippen molar-refractivity contribution in [3.05, 3.63) is 65.1 Å². The van der Waals surface area contributed by atoms with Crippen molar-refractivity contribution in [2.24, 2.45) is 5.92 Å². The molecule has 0 amide bonds. The van der Waals surface area contributed by atoms with Crippen LogP contribution in [0, 0.1) is 25.6 Å². The maximum Gasteiger partial charge on any atom is 0.132 e. The van der Waals surface area contributed by atoms with Gasteiger partial charge >= 0.3 is 0 Å². The van der Waals surface area contributed by atoms with Crippen LogP contribution in [0.5, 0.6) is 0 Å². The Morgan fingerprint density at radius 2 is 1.90 bits per heavy atom. The molecule has 4 rings (SSSR count). The Labute approximate surface area is 173 Å². The molecular weight excluding hydrogens is 359 g/mol. The summed E-state index contributed by atoms with van der Waals surface area (Å²) in [7, 11) is 0. The molecule has 3 heteroatoms. The topological polar surface area (TPSA) is 17.8 Å². The fraction of sp³-hybridized carbons (Fsp3) is 0.423. The van der Waals surface area contributed by atoms with E-state index in [-0.39, 0.29) is 5.82 Å². The Bertz CT molecular complexity index is 1050. The van der Waals surface area contributed by atoms with Crippen LogP contribution in [-0.4, -0.2) is 9.78 Å². The normalized spacial score (nSPS) is 15.2. The summed E-state index contributed by atoms with van der Waals surface area (Å²) in [5.74, 6) is 0.643. The van der Waals surface area contributed by atoms with E-state index in [4.69, 9.17) is 5.10 Å². The molecule has 0 N–H and O–H groups in total. The molecule has 1 heterocycles. The van der Waals surface area contributed by atoms with Gasteiger partial charge in [-0.2, -0.15) is 5.10 Å². The summed E-state index contributed by atoms with van der Waals surface area (Å²) in [6.07, 6.45) is 9.41. The molecule has 0 unspecified atom stereocenters. The number of hydrogen-bond acceptors (Lipinski definition) is 1. The molecule has 0 spiro atoms. The van der Waals surface area contributed by atoms with E-state index in [2.05, 4.69) is 24.8 Å². The van der Waals surface area contributed by atoms with Crippen molar-refractivity contribution in [3.8, 4) is 5.69 Å². The second kappa shape index (κ2) is 8.14. The van der Waals surface area contributed by atoms with E-state index in [9.17, 15) is 4.39 Å². The van der Waals surface area contributed by atoms with Gasteiger partial charge in [-0.1, -0.05) is 44.7 Å². The predicted octanol–water partition coefficient (Wildman–Crippen LogP) is 7.33. The maximum atomic E-state index is 14.6. The molecule has 2 aromatic carbocycles. The average Bonchev–Trinajstić information content (AvgIpc) is 3.04. The van der Waals surface area contributed by atoms with E-state index in [0.29, 0.717) is 5.56 Å². The Morgan fingerprint density at radius 1 is 1.14 bits per heavy atom. The van der Waals surface area contributed by atoms with Gasteiger partial charge in [0.1, 0.15) is 5.82 Å². The van der Waals surface area contributed by atoms with Crippen LogP contribution < -0.4 is 0 Å². The van der Waals surface area contributed by atoms with Crippen LogP contribution in [0.4, 0.5) is 4.39 Å². The highest BCUT2D eigenvalue weighted by Gasteiger charge is 2.16. The lowest BCUT2D eigenvalue weighted by molar-refractivity contribution is 0.339. The molecule has 0 radical (unpaired) electrons. The number of benzene rings is 2. The fourth-order valence-electron chi connectivity index (χ4n) is 4.73. The van der Waals surface area contributed by atoms with Gasteiger partial charge < -0.3 is 0 Å². The van der Waals surface area contributed by atoms with Gasteiger partial charge in [0.15, 0.2) is 0 Å². The molecule has 1 aromatic heterocycles. The molecule has 1 aliphatic rings. The van der Waals surface area contributed by atoms with Crippen molar-refractivity contribution >= 4 is 16.5 Å². The second-order valence-corrected chi connectivity index (χ2v) is 8.79. The summed E-state index contributed by atoms with van der Waals surface area (Å²) in [6, 6.07) is 10.1. The smallest absolute Gasteiger partial charge is 0.132 e. The largest absolute Gasteiger partial charge is 0.232 e. The van der Waals surface area contributed by atoms with Crippen molar-refractivity contribution in [2.75, 3.05) is 0 Å². The van der Waals surface area contributed by atoms with Gasteiger partial charge in [0.2, 0.25) is 0 Å². The highest BCUT2D eigenvalue weighted by Crippen LogP contribution is 2.30. The predicted molar refractivity (Wildman–Crippen MR) is 120 cm³/mol. The lowest BCUT2D eigenvalue weighted by atomic mass is 9.85. The molecule has 1 aliphatic carbocycles. The van der Waals surface area contributed by atoms with Crippen LogP contribution in [0.25, 0.3) is 22.2 Å². The quantitative estimate of drug-likeness (QED) is 0.446. The zero-order chi connectivity index (χ0) is 20.5. The Hall–Kier alpha value is -2.42. The molecule has 3 aromatic rings. The van der Waals surface area contributed by atoms with E-state index in [1.54, 1.807) is 6.07 Å². The molecule has 0 bridgehead atoms. The first-order chi connectivity index (χ1) is 13.9. The minimum absolute atomic E-state index is 0.247. The molecule has 0 atom stereocenters. The first kappa shape index (κ1) is 19.9. The Kier molecular flexibility index (Phi) is 5.58. The zero-order valence-electron chi connectivity index (χ0n) is 17.9. The highest BCUT2D eigenvalue weighted by molar-refractivity contribution is 5.84. The highest BCUT2D eigenvalue weighted by atomic mass is 19.1. The monoisotopic (exact) mass is 390 g/mol. The minimum atomic E-state index is -0.247. The van der Waals surface area contributed by atoms with Gasteiger partial charge in [0.05, 0.1) is 16.9 Å². The Morgan fingerprint density at radius 3 is 2.62 bits per heavy atom. The maximum absolute atomic E-state index is 14.6. The van der Waals surface area contributed by atoms with Crippen LogP contribution >= 0.6 is 0 Å². The summed E-state index contributed by atoms with van der Waals surface area (Å²) in [6.45, 7) is 9.76. The standard InChI is InChI=1S/C26H31FN2/c1-17(2)22-14-18(3)26(16-24(22)27)29-25-13-12-21(15-23(25)19(4)28-29)11-10-20-8-6-5-7-9-20/h12-16,20H,1,5-11H2,2-4H3. The third-order valence-electron chi connectivity index (χ3n) is 6.47. The number of allylic oxidation sites excluding steroid dienone is 1. The average molecular weight is 391 g/mol. The molecule has 2 nitrogen and oxygen atoms in total. The van der Waals surface area contributed by atoms with Crippen LogP contribution in [0.1, 0.15) is 67.8 Å². The van der Waals surface area contributed by atoms with Gasteiger partial charge in [-0.25, -0.2) is 9.07 Å². The third kappa shape index (κ3) is 4.01. The van der Waals surface area contributed by atoms with E-state index in [1.165, 1.54) is 44.1 Å². The summed E-state index contributed by atoms with van der Waals surface area (Å²) in [5, 5.41) is 5.92. The number of fused-ring (bicyclic) bond motifs is 1.